The Bertz CT molecular complexity index is 246. The highest BCUT2D eigenvalue weighted by atomic mass is 32.1. The zero-order valence-electron chi connectivity index (χ0n) is 7.45. The average Bonchev–Trinajstić information content (AvgIpc) is 2.48. The smallest absolute Gasteiger partial charge is 0.0838 e. The molecule has 0 aliphatic heterocycles. The van der Waals surface area contributed by atoms with Crippen LogP contribution in [0, 0.1) is 12.8 Å². The van der Waals surface area contributed by atoms with Crippen LogP contribution in [0.2, 0.25) is 0 Å². The van der Waals surface area contributed by atoms with Crippen molar-refractivity contribution in [2.45, 2.75) is 20.0 Å². The van der Waals surface area contributed by atoms with E-state index in [1.54, 1.807) is 11.3 Å². The molecule has 2 atom stereocenters. The van der Waals surface area contributed by atoms with Gasteiger partial charge in [0.15, 0.2) is 0 Å². The van der Waals surface area contributed by atoms with Gasteiger partial charge in [0.25, 0.3) is 0 Å². The van der Waals surface area contributed by atoms with Crippen molar-refractivity contribution in [2.24, 2.45) is 11.7 Å². The van der Waals surface area contributed by atoms with E-state index in [-0.39, 0.29) is 5.92 Å². The number of rotatable bonds is 3. The quantitative estimate of drug-likeness (QED) is 0.752. The Kier molecular flexibility index (Phi) is 3.26. The number of thiophene rings is 1. The van der Waals surface area contributed by atoms with Gasteiger partial charge >= 0.3 is 0 Å². The topological polar surface area (TPSA) is 46.2 Å². The molecule has 1 rings (SSSR count). The Morgan fingerprint density at radius 1 is 1.58 bits per heavy atom. The molecule has 0 spiro atoms. The summed E-state index contributed by atoms with van der Waals surface area (Å²) >= 11 is 1.62. The molecule has 0 amide bonds. The number of nitrogens with two attached hydrogens (primary N) is 1. The van der Waals surface area contributed by atoms with Gasteiger partial charge in [-0.2, -0.15) is 11.3 Å². The summed E-state index contributed by atoms with van der Waals surface area (Å²) in [6, 6.07) is 0. The van der Waals surface area contributed by atoms with Crippen LogP contribution in [0.5, 0.6) is 0 Å². The molecule has 3 N–H and O–H groups in total. The third-order valence-electron chi connectivity index (χ3n) is 2.12. The van der Waals surface area contributed by atoms with Gasteiger partial charge in [-0.15, -0.1) is 0 Å². The van der Waals surface area contributed by atoms with Crippen LogP contribution in [0.1, 0.15) is 24.2 Å². The molecule has 0 saturated carbocycles. The molecule has 0 saturated heterocycles. The summed E-state index contributed by atoms with van der Waals surface area (Å²) in [7, 11) is 0. The van der Waals surface area contributed by atoms with Gasteiger partial charge in [0.05, 0.1) is 6.10 Å². The van der Waals surface area contributed by atoms with E-state index in [0.717, 1.165) is 11.1 Å². The molecule has 1 aromatic heterocycles. The summed E-state index contributed by atoms with van der Waals surface area (Å²) in [6.07, 6.45) is -0.402. The maximum absolute atomic E-state index is 9.79. The summed E-state index contributed by atoms with van der Waals surface area (Å²) in [5, 5.41) is 13.8. The van der Waals surface area contributed by atoms with E-state index in [2.05, 4.69) is 0 Å². The van der Waals surface area contributed by atoms with Crippen LogP contribution in [0.25, 0.3) is 0 Å². The van der Waals surface area contributed by atoms with E-state index in [1.807, 2.05) is 24.6 Å². The Balaban J connectivity index is 2.77. The molecular formula is C9H15NOS. The van der Waals surface area contributed by atoms with Gasteiger partial charge in [-0.1, -0.05) is 6.92 Å². The van der Waals surface area contributed by atoms with Gasteiger partial charge in [-0.3, -0.25) is 0 Å². The zero-order chi connectivity index (χ0) is 9.14. The van der Waals surface area contributed by atoms with E-state index in [9.17, 15) is 5.11 Å². The summed E-state index contributed by atoms with van der Waals surface area (Å²) in [5.41, 5.74) is 7.66. The van der Waals surface area contributed by atoms with Crippen LogP contribution in [0.3, 0.4) is 0 Å². The molecule has 3 heteroatoms. The fourth-order valence-corrected chi connectivity index (χ4v) is 1.99. The normalized spacial score (nSPS) is 16.0. The van der Waals surface area contributed by atoms with Crippen LogP contribution in [0.4, 0.5) is 0 Å². The predicted octanol–water partition coefficient (Wildman–Crippen LogP) is 1.68. The first-order chi connectivity index (χ1) is 5.66. The molecule has 68 valence electrons. The maximum Gasteiger partial charge on any atom is 0.0838 e. The molecule has 12 heavy (non-hydrogen) atoms. The molecule has 1 heterocycles. The minimum absolute atomic E-state index is 0.137. The molecule has 0 fully saturated rings. The van der Waals surface area contributed by atoms with Crippen molar-refractivity contribution in [3.63, 3.8) is 0 Å². The summed E-state index contributed by atoms with van der Waals surface area (Å²) < 4.78 is 0. The lowest BCUT2D eigenvalue weighted by Crippen LogP contribution is -2.18. The van der Waals surface area contributed by atoms with Crippen molar-refractivity contribution in [2.75, 3.05) is 6.54 Å². The highest BCUT2D eigenvalue weighted by Gasteiger charge is 2.16. The lowest BCUT2D eigenvalue weighted by molar-refractivity contribution is 0.121. The van der Waals surface area contributed by atoms with E-state index in [0.29, 0.717) is 6.54 Å². The second kappa shape index (κ2) is 4.03. The monoisotopic (exact) mass is 185 g/mol. The Labute approximate surface area is 77.0 Å². The molecule has 0 bridgehead atoms. The van der Waals surface area contributed by atoms with Crippen molar-refractivity contribution in [3.05, 3.63) is 21.9 Å². The van der Waals surface area contributed by atoms with Gasteiger partial charge in [-0.25, -0.2) is 0 Å². The number of aryl methyl sites for hydroxylation is 1. The standard InChI is InChI=1S/C9H15NOS/c1-6(3-10)9(11)8-5-12-4-7(8)2/h4-6,9,11H,3,10H2,1-2H3. The summed E-state index contributed by atoms with van der Waals surface area (Å²) in [5.74, 6) is 0.137. The third kappa shape index (κ3) is 1.86. The highest BCUT2D eigenvalue weighted by molar-refractivity contribution is 7.08. The van der Waals surface area contributed by atoms with Gasteiger partial charge in [0, 0.05) is 0 Å². The fraction of sp³-hybridized carbons (Fsp3) is 0.556. The fourth-order valence-electron chi connectivity index (χ4n) is 1.11. The van der Waals surface area contributed by atoms with Crippen LogP contribution in [0.15, 0.2) is 10.8 Å². The van der Waals surface area contributed by atoms with Gasteiger partial charge in [-0.05, 0) is 41.3 Å². The highest BCUT2D eigenvalue weighted by Crippen LogP contribution is 2.26. The van der Waals surface area contributed by atoms with Crippen molar-refractivity contribution >= 4 is 11.3 Å². The summed E-state index contributed by atoms with van der Waals surface area (Å²) in [6.45, 7) is 4.50. The molecule has 0 aliphatic carbocycles. The Morgan fingerprint density at radius 3 is 2.67 bits per heavy atom. The third-order valence-corrected chi connectivity index (χ3v) is 3.00. The molecule has 2 nitrogen and oxygen atoms in total. The largest absolute Gasteiger partial charge is 0.388 e. The second-order valence-corrected chi connectivity index (χ2v) is 3.91. The lowest BCUT2D eigenvalue weighted by atomic mass is 9.97. The summed E-state index contributed by atoms with van der Waals surface area (Å²) in [4.78, 5) is 0. The second-order valence-electron chi connectivity index (χ2n) is 3.17. The average molecular weight is 185 g/mol. The zero-order valence-corrected chi connectivity index (χ0v) is 8.27. The van der Waals surface area contributed by atoms with Crippen LogP contribution in [-0.4, -0.2) is 11.7 Å². The molecule has 2 unspecified atom stereocenters. The van der Waals surface area contributed by atoms with Crippen molar-refractivity contribution < 1.29 is 5.11 Å². The molecular weight excluding hydrogens is 170 g/mol. The van der Waals surface area contributed by atoms with Gasteiger partial charge in [0.2, 0.25) is 0 Å². The molecule has 0 radical (unpaired) electrons. The Hall–Kier alpha value is -0.380. The first-order valence-corrected chi connectivity index (χ1v) is 5.02. The molecule has 0 aliphatic rings. The van der Waals surface area contributed by atoms with E-state index in [1.165, 1.54) is 0 Å². The predicted molar refractivity (Wildman–Crippen MR) is 52.2 cm³/mol. The van der Waals surface area contributed by atoms with E-state index >= 15 is 0 Å². The minimum atomic E-state index is -0.402. The number of hydrogen-bond donors (Lipinski definition) is 2. The van der Waals surface area contributed by atoms with Crippen LogP contribution >= 0.6 is 11.3 Å². The first kappa shape index (κ1) is 9.71. The molecule has 1 aromatic rings. The number of aliphatic hydroxyl groups excluding tert-OH is 1. The maximum atomic E-state index is 9.79. The van der Waals surface area contributed by atoms with Crippen molar-refractivity contribution in [3.8, 4) is 0 Å². The van der Waals surface area contributed by atoms with Crippen molar-refractivity contribution in [1.29, 1.82) is 0 Å². The lowest BCUT2D eigenvalue weighted by Gasteiger charge is -2.16. The van der Waals surface area contributed by atoms with Crippen LogP contribution < -0.4 is 5.73 Å². The van der Waals surface area contributed by atoms with Gasteiger partial charge < -0.3 is 10.8 Å². The van der Waals surface area contributed by atoms with E-state index < -0.39 is 6.10 Å². The minimum Gasteiger partial charge on any atom is -0.388 e. The Morgan fingerprint density at radius 2 is 2.25 bits per heavy atom. The first-order valence-electron chi connectivity index (χ1n) is 4.07. The number of hydrogen-bond acceptors (Lipinski definition) is 3. The molecule has 0 aromatic carbocycles. The van der Waals surface area contributed by atoms with E-state index in [4.69, 9.17) is 5.73 Å². The van der Waals surface area contributed by atoms with Gasteiger partial charge in [0.1, 0.15) is 0 Å². The van der Waals surface area contributed by atoms with Crippen LogP contribution in [-0.2, 0) is 0 Å². The van der Waals surface area contributed by atoms with Crippen molar-refractivity contribution in [1.82, 2.24) is 0 Å². The number of aliphatic hydroxyl groups is 1. The SMILES string of the molecule is Cc1cscc1C(O)C(C)CN.